The van der Waals surface area contributed by atoms with Gasteiger partial charge in [-0.05, 0) is 33.9 Å². The maximum Gasteiger partial charge on any atom is 0.320 e. The smallest absolute Gasteiger partial charge is 0.320 e. The van der Waals surface area contributed by atoms with Crippen LogP contribution in [0.15, 0.2) is 0 Å². The lowest BCUT2D eigenvalue weighted by Gasteiger charge is -2.33. The summed E-state index contributed by atoms with van der Waals surface area (Å²) in [5, 5.41) is 19.6. The molecule has 0 heterocycles. The van der Waals surface area contributed by atoms with E-state index in [1.54, 1.807) is 40.0 Å². The highest BCUT2D eigenvalue weighted by Gasteiger charge is 2.11. The van der Waals surface area contributed by atoms with E-state index in [9.17, 15) is 10.0 Å². The topological polar surface area (TPSA) is 63.6 Å². The Hall–Kier alpha value is -0.650. The molecule has 24 heavy (non-hydrogen) atoms. The highest BCUT2D eigenvalue weighted by atomic mass is 16.5. The fourth-order valence-corrected chi connectivity index (χ4v) is 2.20. The van der Waals surface area contributed by atoms with Crippen molar-refractivity contribution < 1.29 is 14.5 Å². The average molecular weight is 347 g/mol. The molecule has 1 unspecified atom stereocenters. The largest absolute Gasteiger partial charge is 0.633 e. The van der Waals surface area contributed by atoms with Crippen LogP contribution in [-0.4, -0.2) is 61.4 Å². The van der Waals surface area contributed by atoms with E-state index < -0.39 is 5.97 Å². The van der Waals surface area contributed by atoms with Gasteiger partial charge in [0.25, 0.3) is 0 Å². The molecule has 0 saturated heterocycles. The Balaban J connectivity index is 0. The van der Waals surface area contributed by atoms with Crippen molar-refractivity contribution in [1.82, 2.24) is 4.90 Å². The second kappa shape index (κ2) is 15.9. The molecule has 1 atom stereocenters. The molecule has 0 aliphatic carbocycles. The summed E-state index contributed by atoms with van der Waals surface area (Å²) in [5.41, 5.74) is 0. The summed E-state index contributed by atoms with van der Waals surface area (Å²) < 4.78 is -0.128. The molecule has 146 valence electrons. The van der Waals surface area contributed by atoms with Crippen molar-refractivity contribution in [3.8, 4) is 0 Å². The molecule has 0 fully saturated rings. The number of hydrogen-bond acceptors (Lipinski definition) is 3. The second-order valence-electron chi connectivity index (χ2n) is 7.46. The number of carboxylic acid groups (broad SMARTS) is 1. The zero-order chi connectivity index (χ0) is 19.0. The van der Waals surface area contributed by atoms with Gasteiger partial charge in [-0.2, -0.15) is 0 Å². The Morgan fingerprint density at radius 2 is 1.33 bits per heavy atom. The number of aliphatic carboxylic acids is 1. The van der Waals surface area contributed by atoms with Gasteiger partial charge >= 0.3 is 5.97 Å². The molecule has 0 aromatic rings. The third-order valence-electron chi connectivity index (χ3n) is 4.18. The average Bonchev–Trinajstić information content (AvgIpc) is 2.47. The van der Waals surface area contributed by atoms with Crippen LogP contribution in [0.5, 0.6) is 0 Å². The van der Waals surface area contributed by atoms with Gasteiger partial charge in [-0.15, -0.1) is 0 Å². The zero-order valence-corrected chi connectivity index (χ0v) is 17.0. The van der Waals surface area contributed by atoms with E-state index in [-0.39, 0.29) is 10.7 Å². The van der Waals surface area contributed by atoms with Crippen molar-refractivity contribution in [2.24, 2.45) is 0 Å². The number of hydrogen-bond donors (Lipinski definition) is 1. The summed E-state index contributed by atoms with van der Waals surface area (Å²) in [6.07, 6.45) is 13.4. The van der Waals surface area contributed by atoms with Crippen LogP contribution in [0.3, 0.4) is 0 Å². The fraction of sp³-hybridized carbons (Fsp3) is 0.947. The number of likely N-dealkylation sites (N-methyl/N-ethyl adjacent to an activating group) is 1. The first kappa shape index (κ1) is 25.6. The quantitative estimate of drug-likeness (QED) is 0.303. The molecule has 0 radical (unpaired) electrons. The van der Waals surface area contributed by atoms with Crippen LogP contribution >= 0.6 is 0 Å². The van der Waals surface area contributed by atoms with Crippen molar-refractivity contribution in [3.63, 3.8) is 0 Å². The van der Waals surface area contributed by atoms with Crippen molar-refractivity contribution in [2.75, 3.05) is 34.7 Å². The minimum absolute atomic E-state index is 0.128. The Morgan fingerprint density at radius 1 is 0.958 bits per heavy atom. The van der Waals surface area contributed by atoms with Crippen LogP contribution in [0.25, 0.3) is 0 Å². The van der Waals surface area contributed by atoms with Crippen LogP contribution in [0, 0.1) is 5.21 Å². The van der Waals surface area contributed by atoms with Crippen LogP contribution in [0.4, 0.5) is 0 Å². The highest BCUT2D eigenvalue weighted by Crippen LogP contribution is 2.11. The minimum atomic E-state index is -0.782. The third-order valence-corrected chi connectivity index (χ3v) is 4.18. The number of nitrogens with zero attached hydrogens (tertiary/aromatic N) is 2. The Morgan fingerprint density at radius 3 is 1.58 bits per heavy atom. The van der Waals surface area contributed by atoms with E-state index >= 15 is 0 Å². The molecule has 0 aromatic heterocycles. The summed E-state index contributed by atoms with van der Waals surface area (Å²) in [5.74, 6) is -0.782. The monoisotopic (exact) mass is 346 g/mol. The number of carboxylic acids is 1. The Labute approximate surface area is 150 Å². The fourth-order valence-electron chi connectivity index (χ4n) is 2.20. The van der Waals surface area contributed by atoms with E-state index in [2.05, 4.69) is 6.92 Å². The number of hydroxylamine groups is 3. The molecule has 0 bridgehead atoms. The number of unbranched alkanes of at least 4 members (excludes halogenated alkanes) is 9. The summed E-state index contributed by atoms with van der Waals surface area (Å²) in [6.45, 7) is 4.68. The molecule has 0 amide bonds. The molecule has 5 heteroatoms. The molecular weight excluding hydrogens is 304 g/mol. The SMILES string of the molecule is CC(C(=O)O)N(C)C.CCCCCCCCCCCC[N+](C)(C)[O-]. The maximum atomic E-state index is 11.3. The van der Waals surface area contributed by atoms with Gasteiger partial charge in [0.2, 0.25) is 0 Å². The Kier molecular flexibility index (Phi) is 16.9. The maximum absolute atomic E-state index is 11.3. The summed E-state index contributed by atoms with van der Waals surface area (Å²) in [6, 6.07) is -0.380. The van der Waals surface area contributed by atoms with Crippen LogP contribution in [-0.2, 0) is 4.79 Å². The lowest BCUT2D eigenvalue weighted by atomic mass is 10.1. The summed E-state index contributed by atoms with van der Waals surface area (Å²) in [4.78, 5) is 11.7. The molecular formula is C19H42N2O3. The van der Waals surface area contributed by atoms with E-state index in [4.69, 9.17) is 5.11 Å². The van der Waals surface area contributed by atoms with Crippen molar-refractivity contribution in [2.45, 2.75) is 84.1 Å². The van der Waals surface area contributed by atoms with Gasteiger partial charge in [0, 0.05) is 0 Å². The minimum Gasteiger partial charge on any atom is -0.633 e. The lowest BCUT2D eigenvalue weighted by molar-refractivity contribution is -0.840. The normalized spacial score (nSPS) is 12.7. The van der Waals surface area contributed by atoms with Gasteiger partial charge in [0.1, 0.15) is 6.04 Å². The zero-order valence-electron chi connectivity index (χ0n) is 17.0. The van der Waals surface area contributed by atoms with E-state index in [0.29, 0.717) is 0 Å². The van der Waals surface area contributed by atoms with Gasteiger partial charge in [-0.1, -0.05) is 58.3 Å². The number of carbonyl (C=O) groups is 1. The predicted molar refractivity (Wildman–Crippen MR) is 103 cm³/mol. The van der Waals surface area contributed by atoms with E-state index in [0.717, 1.165) is 13.0 Å². The van der Waals surface area contributed by atoms with Crippen molar-refractivity contribution in [1.29, 1.82) is 0 Å². The van der Waals surface area contributed by atoms with Crippen molar-refractivity contribution >= 4 is 5.97 Å². The van der Waals surface area contributed by atoms with Gasteiger partial charge in [0.05, 0.1) is 20.6 Å². The molecule has 0 aliphatic rings. The Bertz CT molecular complexity index is 289. The first-order valence-corrected chi connectivity index (χ1v) is 9.55. The van der Waals surface area contributed by atoms with Crippen molar-refractivity contribution in [3.05, 3.63) is 5.21 Å². The highest BCUT2D eigenvalue weighted by molar-refractivity contribution is 5.72. The lowest BCUT2D eigenvalue weighted by Crippen LogP contribution is -2.32. The first-order chi connectivity index (χ1) is 11.1. The van der Waals surface area contributed by atoms with Gasteiger partial charge in [0.15, 0.2) is 0 Å². The molecule has 5 nitrogen and oxygen atoms in total. The van der Waals surface area contributed by atoms with Crippen LogP contribution in [0.1, 0.15) is 78.1 Å². The standard InChI is InChI=1S/C14H31NO.C5H11NO2/c1-4-5-6-7-8-9-10-11-12-13-14-15(2,3)16;1-4(5(7)8)6(2)3/h4-14H2,1-3H3;4H,1-3H3,(H,7,8). The molecule has 0 spiro atoms. The number of rotatable bonds is 13. The van der Waals surface area contributed by atoms with Crippen LogP contribution in [0.2, 0.25) is 0 Å². The molecule has 1 N–H and O–H groups in total. The van der Waals surface area contributed by atoms with Gasteiger partial charge in [-0.3, -0.25) is 9.69 Å². The predicted octanol–water partition coefficient (Wildman–Crippen LogP) is 4.50. The third kappa shape index (κ3) is 21.4. The molecule has 0 saturated carbocycles. The second-order valence-corrected chi connectivity index (χ2v) is 7.46. The molecule has 0 aliphatic heterocycles. The molecule has 0 aromatic carbocycles. The van der Waals surface area contributed by atoms with Gasteiger partial charge < -0.3 is 15.0 Å². The summed E-state index contributed by atoms with van der Waals surface area (Å²) in [7, 11) is 6.93. The van der Waals surface area contributed by atoms with Gasteiger partial charge in [-0.25, -0.2) is 0 Å². The summed E-state index contributed by atoms with van der Waals surface area (Å²) >= 11 is 0. The van der Waals surface area contributed by atoms with E-state index in [1.165, 1.54) is 57.8 Å². The number of quaternary nitrogens is 1. The van der Waals surface area contributed by atoms with E-state index in [1.807, 2.05) is 0 Å². The first-order valence-electron chi connectivity index (χ1n) is 9.55. The van der Waals surface area contributed by atoms with Crippen LogP contribution < -0.4 is 0 Å². The molecule has 0 rings (SSSR count).